The lowest BCUT2D eigenvalue weighted by atomic mass is 9.98. The molecular formula is C23H24FN3O4. The summed E-state index contributed by atoms with van der Waals surface area (Å²) in [6.45, 7) is 2.61. The SMILES string of the molecule is CC12CCC(=O)N1c1ccccc1C(=O)N2CCC(=O)NCCOc1ccc(F)cc1. The van der Waals surface area contributed by atoms with Gasteiger partial charge >= 0.3 is 0 Å². The number of hydrogen-bond donors (Lipinski definition) is 1. The van der Waals surface area contributed by atoms with E-state index in [2.05, 4.69) is 5.32 Å². The molecule has 0 aliphatic carbocycles. The summed E-state index contributed by atoms with van der Waals surface area (Å²) in [7, 11) is 0. The van der Waals surface area contributed by atoms with Crippen molar-refractivity contribution in [1.82, 2.24) is 10.2 Å². The minimum atomic E-state index is -0.769. The van der Waals surface area contributed by atoms with Crippen molar-refractivity contribution >= 4 is 23.4 Å². The number of rotatable bonds is 7. The average Bonchev–Trinajstić information content (AvgIpc) is 3.07. The van der Waals surface area contributed by atoms with Crippen LogP contribution < -0.4 is 15.0 Å². The van der Waals surface area contributed by atoms with E-state index in [-0.39, 0.29) is 49.7 Å². The van der Waals surface area contributed by atoms with Gasteiger partial charge in [-0.1, -0.05) is 12.1 Å². The first-order chi connectivity index (χ1) is 14.9. The van der Waals surface area contributed by atoms with E-state index in [0.29, 0.717) is 29.8 Å². The number of benzene rings is 2. The topological polar surface area (TPSA) is 79.0 Å². The van der Waals surface area contributed by atoms with Gasteiger partial charge in [-0.15, -0.1) is 0 Å². The number of para-hydroxylation sites is 1. The van der Waals surface area contributed by atoms with Gasteiger partial charge in [-0.25, -0.2) is 4.39 Å². The molecule has 3 amide bonds. The molecule has 2 aliphatic rings. The molecule has 2 aliphatic heterocycles. The van der Waals surface area contributed by atoms with Gasteiger partial charge in [0.2, 0.25) is 11.8 Å². The standard InChI is InChI=1S/C23H24FN3O4/c1-23-12-10-21(29)27(23)19-5-3-2-4-18(19)22(30)26(23)14-11-20(28)25-13-15-31-17-8-6-16(24)7-9-17/h2-9H,10-15H2,1H3,(H,25,28). The number of ether oxygens (including phenoxy) is 1. The fraction of sp³-hybridized carbons (Fsp3) is 0.348. The maximum absolute atomic E-state index is 13.1. The van der Waals surface area contributed by atoms with Gasteiger partial charge in [-0.3, -0.25) is 19.3 Å². The van der Waals surface area contributed by atoms with E-state index in [4.69, 9.17) is 4.74 Å². The molecule has 0 radical (unpaired) electrons. The summed E-state index contributed by atoms with van der Waals surface area (Å²) in [6.07, 6.45) is 1.00. The Morgan fingerprint density at radius 2 is 1.90 bits per heavy atom. The third-order valence-electron chi connectivity index (χ3n) is 5.81. The summed E-state index contributed by atoms with van der Waals surface area (Å²) in [5, 5.41) is 2.76. The second kappa shape index (κ2) is 8.37. The Bertz CT molecular complexity index is 1010. The van der Waals surface area contributed by atoms with Crippen LogP contribution in [-0.2, 0) is 9.59 Å². The van der Waals surface area contributed by atoms with Crippen molar-refractivity contribution in [3.63, 3.8) is 0 Å². The van der Waals surface area contributed by atoms with Crippen LogP contribution in [0.2, 0.25) is 0 Å². The molecular weight excluding hydrogens is 401 g/mol. The molecule has 1 fully saturated rings. The normalized spacial score (nSPS) is 19.8. The van der Waals surface area contributed by atoms with Gasteiger partial charge in [0.15, 0.2) is 0 Å². The predicted octanol–water partition coefficient (Wildman–Crippen LogP) is 2.71. The van der Waals surface area contributed by atoms with Gasteiger partial charge in [0.1, 0.15) is 23.8 Å². The van der Waals surface area contributed by atoms with Crippen LogP contribution >= 0.6 is 0 Å². The van der Waals surface area contributed by atoms with Gasteiger partial charge in [0.25, 0.3) is 5.91 Å². The van der Waals surface area contributed by atoms with Crippen molar-refractivity contribution in [2.24, 2.45) is 0 Å². The Morgan fingerprint density at radius 3 is 2.68 bits per heavy atom. The highest BCUT2D eigenvalue weighted by Crippen LogP contribution is 2.43. The Balaban J connectivity index is 1.34. The minimum absolute atomic E-state index is 0.0187. The van der Waals surface area contributed by atoms with Crippen LogP contribution in [0.5, 0.6) is 5.75 Å². The van der Waals surface area contributed by atoms with Gasteiger partial charge in [0.05, 0.1) is 17.8 Å². The lowest BCUT2D eigenvalue weighted by Crippen LogP contribution is -2.62. The fourth-order valence-electron chi connectivity index (χ4n) is 4.23. The molecule has 0 bridgehead atoms. The summed E-state index contributed by atoms with van der Waals surface area (Å²) in [5.74, 6) is -0.223. The highest BCUT2D eigenvalue weighted by atomic mass is 19.1. The first kappa shape index (κ1) is 20.8. The molecule has 2 aromatic rings. The van der Waals surface area contributed by atoms with Crippen LogP contribution in [0, 0.1) is 5.82 Å². The van der Waals surface area contributed by atoms with Gasteiger partial charge in [0, 0.05) is 19.4 Å². The molecule has 0 spiro atoms. The Kier molecular flexibility index (Phi) is 5.63. The molecule has 7 nitrogen and oxygen atoms in total. The molecule has 162 valence electrons. The summed E-state index contributed by atoms with van der Waals surface area (Å²) in [4.78, 5) is 41.3. The monoisotopic (exact) mass is 425 g/mol. The van der Waals surface area contributed by atoms with Crippen molar-refractivity contribution < 1.29 is 23.5 Å². The largest absolute Gasteiger partial charge is 0.492 e. The summed E-state index contributed by atoms with van der Waals surface area (Å²) >= 11 is 0. The zero-order chi connectivity index (χ0) is 22.0. The van der Waals surface area contributed by atoms with Gasteiger partial charge in [-0.2, -0.15) is 0 Å². The van der Waals surface area contributed by atoms with Crippen LogP contribution in [0.3, 0.4) is 0 Å². The summed E-state index contributed by atoms with van der Waals surface area (Å²) in [6, 6.07) is 12.7. The maximum Gasteiger partial charge on any atom is 0.257 e. The molecule has 8 heteroatoms. The molecule has 2 heterocycles. The molecule has 4 rings (SSSR count). The summed E-state index contributed by atoms with van der Waals surface area (Å²) in [5.41, 5.74) is 0.341. The molecule has 0 saturated carbocycles. The highest BCUT2D eigenvalue weighted by molar-refractivity contribution is 6.10. The number of nitrogens with zero attached hydrogens (tertiary/aromatic N) is 2. The van der Waals surface area contributed by atoms with E-state index in [0.717, 1.165) is 0 Å². The lowest BCUT2D eigenvalue weighted by Gasteiger charge is -2.48. The number of anilines is 1. The quantitative estimate of drug-likeness (QED) is 0.692. The molecule has 1 N–H and O–H groups in total. The van der Waals surface area contributed by atoms with Crippen molar-refractivity contribution in [2.45, 2.75) is 31.8 Å². The lowest BCUT2D eigenvalue weighted by molar-refractivity contribution is -0.121. The molecule has 0 aromatic heterocycles. The number of hydrogen-bond acceptors (Lipinski definition) is 4. The van der Waals surface area contributed by atoms with Crippen LogP contribution in [0.25, 0.3) is 0 Å². The van der Waals surface area contributed by atoms with Crippen LogP contribution in [0.15, 0.2) is 48.5 Å². The van der Waals surface area contributed by atoms with E-state index >= 15 is 0 Å². The van der Waals surface area contributed by atoms with Crippen molar-refractivity contribution in [2.75, 3.05) is 24.6 Å². The zero-order valence-electron chi connectivity index (χ0n) is 17.3. The van der Waals surface area contributed by atoms with Crippen LogP contribution in [0.1, 0.15) is 36.5 Å². The summed E-state index contributed by atoms with van der Waals surface area (Å²) < 4.78 is 18.4. The van der Waals surface area contributed by atoms with E-state index in [9.17, 15) is 18.8 Å². The Hall–Kier alpha value is -3.42. The Labute approximate surface area is 179 Å². The first-order valence-electron chi connectivity index (χ1n) is 10.3. The first-order valence-corrected chi connectivity index (χ1v) is 10.3. The van der Waals surface area contributed by atoms with Crippen LogP contribution in [0.4, 0.5) is 10.1 Å². The number of nitrogens with one attached hydrogen (secondary N) is 1. The Morgan fingerprint density at radius 1 is 1.16 bits per heavy atom. The second-order valence-electron chi connectivity index (χ2n) is 7.82. The zero-order valence-corrected chi connectivity index (χ0v) is 17.3. The molecule has 1 unspecified atom stereocenters. The smallest absolute Gasteiger partial charge is 0.257 e. The van der Waals surface area contributed by atoms with E-state index in [1.165, 1.54) is 24.3 Å². The van der Waals surface area contributed by atoms with E-state index < -0.39 is 5.66 Å². The second-order valence-corrected chi connectivity index (χ2v) is 7.82. The van der Waals surface area contributed by atoms with E-state index in [1.54, 1.807) is 28.0 Å². The number of fused-ring (bicyclic) bond motifs is 3. The third-order valence-corrected chi connectivity index (χ3v) is 5.81. The molecule has 1 atom stereocenters. The predicted molar refractivity (Wildman–Crippen MR) is 112 cm³/mol. The van der Waals surface area contributed by atoms with Crippen LogP contribution in [-0.4, -0.2) is 48.0 Å². The number of carbonyl (C=O) groups is 3. The molecule has 1 saturated heterocycles. The van der Waals surface area contributed by atoms with E-state index in [1.807, 2.05) is 13.0 Å². The molecule has 2 aromatic carbocycles. The number of amides is 3. The minimum Gasteiger partial charge on any atom is -0.492 e. The van der Waals surface area contributed by atoms with Crippen molar-refractivity contribution in [3.05, 3.63) is 59.9 Å². The van der Waals surface area contributed by atoms with Gasteiger partial charge < -0.3 is 15.0 Å². The third kappa shape index (κ3) is 3.97. The number of carbonyl (C=O) groups excluding carboxylic acids is 3. The van der Waals surface area contributed by atoms with Gasteiger partial charge in [-0.05, 0) is 49.7 Å². The fourth-order valence-corrected chi connectivity index (χ4v) is 4.23. The highest BCUT2D eigenvalue weighted by Gasteiger charge is 2.52. The van der Waals surface area contributed by atoms with Crippen molar-refractivity contribution in [1.29, 1.82) is 0 Å². The van der Waals surface area contributed by atoms with Crippen molar-refractivity contribution in [3.8, 4) is 5.75 Å². The molecule has 31 heavy (non-hydrogen) atoms. The maximum atomic E-state index is 13.1. The average molecular weight is 425 g/mol. The number of halogens is 1.